The van der Waals surface area contributed by atoms with Crippen molar-refractivity contribution in [2.45, 2.75) is 27.2 Å². The van der Waals surface area contributed by atoms with Gasteiger partial charge in [0.05, 0.1) is 16.4 Å². The topological polar surface area (TPSA) is 38.9 Å². The molecule has 0 aliphatic heterocycles. The van der Waals surface area contributed by atoms with Gasteiger partial charge in [0.15, 0.2) is 0 Å². The fourth-order valence-electron chi connectivity index (χ4n) is 7.92. The summed E-state index contributed by atoms with van der Waals surface area (Å²) in [5, 5.41) is 3.28. The fourth-order valence-corrected chi connectivity index (χ4v) is 7.92. The van der Waals surface area contributed by atoms with E-state index in [1.165, 1.54) is 49.8 Å². The van der Waals surface area contributed by atoms with Gasteiger partial charge in [-0.15, -0.1) is 0 Å². The van der Waals surface area contributed by atoms with Crippen LogP contribution in [0.25, 0.3) is 66.3 Å². The van der Waals surface area contributed by atoms with E-state index in [2.05, 4.69) is 130 Å². The van der Waals surface area contributed by atoms with Gasteiger partial charge in [-0.05, 0) is 89.5 Å². The summed E-state index contributed by atoms with van der Waals surface area (Å²) in [6.45, 7) is 7.12. The summed E-state index contributed by atoms with van der Waals surface area (Å²) in [6, 6.07) is 43.5. The molecule has 0 N–H and O–H groups in total. The lowest BCUT2D eigenvalue weighted by Gasteiger charge is -2.26. The Morgan fingerprint density at radius 1 is 0.673 bits per heavy atom. The van der Waals surface area contributed by atoms with Gasteiger partial charge in [0, 0.05) is 0 Å². The van der Waals surface area contributed by atoms with Crippen molar-refractivity contribution in [3.63, 3.8) is 0 Å². The van der Waals surface area contributed by atoms with Crippen LogP contribution in [0.5, 0.6) is 0 Å². The van der Waals surface area contributed by atoms with E-state index in [9.17, 15) is 0 Å². The van der Waals surface area contributed by atoms with E-state index in [0.717, 1.165) is 44.7 Å². The van der Waals surface area contributed by atoms with Crippen molar-refractivity contribution in [3.8, 4) is 22.3 Å². The minimum Gasteiger partial charge on any atom is -0.436 e. The monoisotopic (exact) mass is 630 g/mol. The molecule has 0 fully saturated rings. The van der Waals surface area contributed by atoms with Gasteiger partial charge in [-0.2, -0.15) is 0 Å². The first-order valence-electron chi connectivity index (χ1n) is 17.2. The van der Waals surface area contributed by atoms with Crippen molar-refractivity contribution in [2.24, 2.45) is 5.92 Å². The van der Waals surface area contributed by atoms with Crippen molar-refractivity contribution < 1.29 is 4.42 Å². The second-order valence-electron chi connectivity index (χ2n) is 13.6. The number of para-hydroxylation sites is 2. The Morgan fingerprint density at radius 2 is 1.39 bits per heavy atom. The van der Waals surface area contributed by atoms with Gasteiger partial charge < -0.3 is 4.42 Å². The zero-order chi connectivity index (χ0) is 33.1. The van der Waals surface area contributed by atoms with E-state index < -0.39 is 0 Å². The van der Waals surface area contributed by atoms with Gasteiger partial charge in [0.25, 0.3) is 0 Å². The molecule has 4 heteroatoms. The zero-order valence-corrected chi connectivity index (χ0v) is 27.9. The van der Waals surface area contributed by atoms with Crippen LogP contribution in [0, 0.1) is 19.8 Å². The van der Waals surface area contributed by atoms with Gasteiger partial charge in [0.2, 0.25) is 12.4 Å². The second-order valence-corrected chi connectivity index (χ2v) is 13.6. The van der Waals surface area contributed by atoms with Crippen molar-refractivity contribution in [1.29, 1.82) is 0 Å². The molecule has 0 saturated carbocycles. The van der Waals surface area contributed by atoms with Crippen LogP contribution in [0.2, 0.25) is 0 Å². The molecule has 8 aromatic rings. The lowest BCUT2D eigenvalue weighted by Crippen LogP contribution is -2.47. The predicted molar refractivity (Wildman–Crippen MR) is 207 cm³/mol. The Bertz CT molecular complexity index is 2610. The van der Waals surface area contributed by atoms with Gasteiger partial charge in [-0.1, -0.05) is 144 Å². The normalized spacial score (nSPS) is 14.6. The molecule has 2 heterocycles. The number of aromatic nitrogens is 2. The standard InChI is InChI=1S/C45H35BN2O/c1-28-11-9-16-37(23-28)46(36-14-5-4-6-15-36)43-29(2)24-35(25-30(43)3)32-13-10-12-31(26-32)33-19-21-38-34(27-33)20-22-41-42(38)44-45(49-41)48-40-18-8-7-17-39(40)47-44/h4-22,24-28H,23H2,1-3H3. The van der Waals surface area contributed by atoms with Crippen molar-refractivity contribution in [2.75, 3.05) is 0 Å². The summed E-state index contributed by atoms with van der Waals surface area (Å²) in [7, 11) is 0. The molecule has 1 aliphatic carbocycles. The number of furan rings is 1. The molecule has 0 radical (unpaired) electrons. The van der Waals surface area contributed by atoms with Gasteiger partial charge in [-0.3, -0.25) is 0 Å². The third kappa shape index (κ3) is 5.16. The number of fused-ring (bicyclic) bond motifs is 6. The molecule has 0 saturated heterocycles. The van der Waals surface area contributed by atoms with E-state index in [1.54, 1.807) is 0 Å². The van der Waals surface area contributed by atoms with E-state index >= 15 is 0 Å². The van der Waals surface area contributed by atoms with E-state index in [0.29, 0.717) is 11.6 Å². The van der Waals surface area contributed by atoms with Crippen LogP contribution in [0.3, 0.4) is 0 Å². The van der Waals surface area contributed by atoms with Gasteiger partial charge in [-0.25, -0.2) is 9.97 Å². The molecule has 3 nitrogen and oxygen atoms in total. The molecule has 9 rings (SSSR count). The lowest BCUT2D eigenvalue weighted by molar-refractivity contribution is 0.655. The number of nitrogens with zero attached hydrogens (tertiary/aromatic N) is 2. The Labute approximate surface area is 286 Å². The van der Waals surface area contributed by atoms with Crippen LogP contribution < -0.4 is 10.9 Å². The van der Waals surface area contributed by atoms with Crippen LogP contribution in [0.1, 0.15) is 24.5 Å². The minimum absolute atomic E-state index is 0.245. The molecule has 0 bridgehead atoms. The highest BCUT2D eigenvalue weighted by Gasteiger charge is 2.28. The maximum atomic E-state index is 6.18. The molecule has 1 unspecified atom stereocenters. The van der Waals surface area contributed by atoms with E-state index in [-0.39, 0.29) is 6.71 Å². The number of hydrogen-bond acceptors (Lipinski definition) is 3. The Hall–Kier alpha value is -5.74. The van der Waals surface area contributed by atoms with Crippen LogP contribution >= 0.6 is 0 Å². The summed E-state index contributed by atoms with van der Waals surface area (Å²) >= 11 is 0. The van der Waals surface area contributed by atoms with Crippen LogP contribution in [0.4, 0.5) is 0 Å². The Balaban J connectivity index is 1.10. The first-order chi connectivity index (χ1) is 24.0. The molecule has 0 amide bonds. The van der Waals surface area contributed by atoms with Gasteiger partial charge in [0.1, 0.15) is 11.1 Å². The summed E-state index contributed by atoms with van der Waals surface area (Å²) in [4.78, 5) is 9.72. The van der Waals surface area contributed by atoms with Crippen molar-refractivity contribution in [3.05, 3.63) is 156 Å². The lowest BCUT2D eigenvalue weighted by atomic mass is 9.34. The van der Waals surface area contributed by atoms with Crippen molar-refractivity contribution >= 4 is 61.6 Å². The predicted octanol–water partition coefficient (Wildman–Crippen LogP) is 10.3. The number of benzene rings is 6. The molecular weight excluding hydrogens is 595 g/mol. The van der Waals surface area contributed by atoms with Crippen LogP contribution in [-0.4, -0.2) is 16.7 Å². The summed E-state index contributed by atoms with van der Waals surface area (Å²) < 4.78 is 6.18. The highest BCUT2D eigenvalue weighted by molar-refractivity contribution is 6.91. The zero-order valence-electron chi connectivity index (χ0n) is 27.9. The molecule has 49 heavy (non-hydrogen) atoms. The molecule has 1 aliphatic rings. The maximum absolute atomic E-state index is 6.18. The number of rotatable bonds is 5. The second kappa shape index (κ2) is 11.7. The highest BCUT2D eigenvalue weighted by atomic mass is 16.3. The third-order valence-electron chi connectivity index (χ3n) is 10.2. The SMILES string of the molecule is Cc1cc(-c2cccc(-c3ccc4c(ccc5oc6nc7ccccc7nc6c54)c3)c2)cc(C)c1B(C1=CC=CC(C)C1)c1ccccc1. The highest BCUT2D eigenvalue weighted by Crippen LogP contribution is 2.36. The average Bonchev–Trinajstić information content (AvgIpc) is 3.50. The molecular formula is C45H35BN2O. The largest absolute Gasteiger partial charge is 0.436 e. The third-order valence-corrected chi connectivity index (χ3v) is 10.2. The first-order valence-corrected chi connectivity index (χ1v) is 17.2. The van der Waals surface area contributed by atoms with Gasteiger partial charge >= 0.3 is 0 Å². The van der Waals surface area contributed by atoms with Crippen LogP contribution in [-0.2, 0) is 0 Å². The quantitative estimate of drug-likeness (QED) is 0.178. The summed E-state index contributed by atoms with van der Waals surface area (Å²) in [5.74, 6) is 0.544. The molecule has 0 spiro atoms. The van der Waals surface area contributed by atoms with Crippen molar-refractivity contribution in [1.82, 2.24) is 9.97 Å². The molecule has 234 valence electrons. The molecule has 1 atom stereocenters. The first kappa shape index (κ1) is 29.4. The van der Waals surface area contributed by atoms with Crippen LogP contribution in [0.15, 0.2) is 149 Å². The average molecular weight is 631 g/mol. The number of hydrogen-bond donors (Lipinski definition) is 0. The smallest absolute Gasteiger partial charge is 0.246 e. The Kier molecular flexibility index (Phi) is 7.05. The number of allylic oxidation sites excluding steroid dienone is 4. The fraction of sp³-hybridized carbons (Fsp3) is 0.111. The Morgan fingerprint density at radius 3 is 2.16 bits per heavy atom. The summed E-state index contributed by atoms with van der Waals surface area (Å²) in [5.41, 5.74) is 15.7. The molecule has 2 aromatic heterocycles. The minimum atomic E-state index is 0.245. The van der Waals surface area contributed by atoms with E-state index in [4.69, 9.17) is 14.4 Å². The summed E-state index contributed by atoms with van der Waals surface area (Å²) in [6.07, 6.45) is 7.98. The number of aryl methyl sites for hydroxylation is 2. The maximum Gasteiger partial charge on any atom is 0.246 e. The van der Waals surface area contributed by atoms with E-state index in [1.807, 2.05) is 30.3 Å². The molecule has 6 aromatic carbocycles.